The largest absolute Gasteiger partial charge is 0.267 e. The molecule has 3 heterocycles. The van der Waals surface area contributed by atoms with Crippen LogP contribution in [0.3, 0.4) is 0 Å². The molecule has 3 aliphatic heterocycles. The third-order valence-corrected chi connectivity index (χ3v) is 7.89. The molecule has 0 N–H and O–H groups in total. The fourth-order valence-electron chi connectivity index (χ4n) is 6.89. The maximum atomic E-state index is 2.82. The molecule has 3 aromatic carbocycles. The fourth-order valence-corrected chi connectivity index (χ4v) is 6.89. The van der Waals surface area contributed by atoms with E-state index in [1.165, 1.54) is 16.7 Å². The van der Waals surface area contributed by atoms with Crippen LogP contribution in [0.4, 0.5) is 0 Å². The predicted molar refractivity (Wildman–Crippen MR) is 118 cm³/mol. The molecule has 1 aliphatic carbocycles. The average Bonchev–Trinajstić information content (AvgIpc) is 3.23. The number of benzene rings is 3. The minimum absolute atomic E-state index is 0.599. The van der Waals surface area contributed by atoms with Gasteiger partial charge in [0.2, 0.25) is 0 Å². The second kappa shape index (κ2) is 6.52. The third kappa shape index (κ3) is 2.43. The number of hydrogen-bond donors (Lipinski definition) is 0. The molecule has 0 atom stereocenters. The first-order chi connectivity index (χ1) is 14.9. The quantitative estimate of drug-likeness (QED) is 0.616. The summed E-state index contributed by atoms with van der Waals surface area (Å²) in [6.45, 7) is 3.16. The Kier molecular flexibility index (Phi) is 3.75. The van der Waals surface area contributed by atoms with Crippen molar-refractivity contribution in [1.29, 1.82) is 0 Å². The van der Waals surface area contributed by atoms with Crippen LogP contribution in [0, 0.1) is 17.8 Å². The van der Waals surface area contributed by atoms with Gasteiger partial charge in [-0.05, 0) is 34.4 Å². The minimum atomic E-state index is 0.599. The van der Waals surface area contributed by atoms with Crippen molar-refractivity contribution in [3.63, 3.8) is 0 Å². The molecule has 4 aliphatic rings. The van der Waals surface area contributed by atoms with Crippen LogP contribution in [-0.4, -0.2) is 33.2 Å². The lowest BCUT2D eigenvalue weighted by molar-refractivity contribution is -0.117. The molecule has 3 nitrogen and oxygen atoms in total. The number of rotatable bonds is 6. The molecule has 0 amide bonds. The Morgan fingerprint density at radius 2 is 0.667 bits per heavy atom. The van der Waals surface area contributed by atoms with Crippen LogP contribution < -0.4 is 0 Å². The monoisotopic (exact) mass is 393 g/mol. The van der Waals surface area contributed by atoms with Crippen LogP contribution in [0.2, 0.25) is 0 Å². The van der Waals surface area contributed by atoms with Gasteiger partial charge >= 0.3 is 0 Å². The molecular weight excluding hydrogens is 366 g/mol. The number of nitrogens with zero attached hydrogens (tertiary/aromatic N) is 3. The molecule has 1 saturated carbocycles. The summed E-state index contributed by atoms with van der Waals surface area (Å²) in [4.78, 5) is 8.45. The summed E-state index contributed by atoms with van der Waals surface area (Å²) >= 11 is 0. The Bertz CT molecular complexity index is 883. The van der Waals surface area contributed by atoms with Crippen molar-refractivity contribution in [2.24, 2.45) is 17.8 Å². The lowest BCUT2D eigenvalue weighted by Crippen LogP contribution is -2.61. The molecule has 0 radical (unpaired) electrons. The Labute approximate surface area is 178 Å². The predicted octanol–water partition coefficient (Wildman–Crippen LogP) is 4.37. The second-order valence-electron chi connectivity index (χ2n) is 9.45. The highest BCUT2D eigenvalue weighted by Gasteiger charge is 2.82. The highest BCUT2D eigenvalue weighted by molar-refractivity contribution is 5.31. The Morgan fingerprint density at radius 1 is 0.400 bits per heavy atom. The van der Waals surface area contributed by atoms with Gasteiger partial charge in [-0.15, -0.1) is 0 Å². The van der Waals surface area contributed by atoms with Gasteiger partial charge in [0.15, 0.2) is 0 Å². The topological polar surface area (TPSA) is 9.72 Å². The van der Waals surface area contributed by atoms with E-state index in [0.717, 1.165) is 37.4 Å². The lowest BCUT2D eigenvalue weighted by atomic mass is 10.1. The molecule has 7 rings (SSSR count). The lowest BCUT2D eigenvalue weighted by Gasteiger charge is -2.49. The fraction of sp³-hybridized carbons (Fsp3) is 0.333. The van der Waals surface area contributed by atoms with Crippen LogP contribution in [0.1, 0.15) is 16.7 Å². The molecule has 3 heteroatoms. The maximum absolute atomic E-state index is 2.82. The molecule has 0 aromatic heterocycles. The zero-order chi connectivity index (χ0) is 19.7. The summed E-state index contributed by atoms with van der Waals surface area (Å²) in [6.07, 6.45) is 1.80. The van der Waals surface area contributed by atoms with Crippen LogP contribution in [0.15, 0.2) is 91.0 Å². The van der Waals surface area contributed by atoms with Gasteiger partial charge in [-0.3, -0.25) is 14.7 Å². The molecule has 0 spiro atoms. The average molecular weight is 394 g/mol. The summed E-state index contributed by atoms with van der Waals surface area (Å²) in [6, 6.07) is 33.2. The standard InChI is InChI=1S/C27H27N3/c1-4-10-19(11-5-1)16-28-25-22-23-24(22)27(29(25)17-20-12-6-2-7-13-20)30(26(23)28)18-21-14-8-3-9-15-21/h1-15,22-27H,16-18H2. The molecule has 0 unspecified atom stereocenters. The van der Waals surface area contributed by atoms with E-state index in [9.17, 15) is 0 Å². The summed E-state index contributed by atoms with van der Waals surface area (Å²) in [5.74, 6) is 2.62. The summed E-state index contributed by atoms with van der Waals surface area (Å²) in [7, 11) is 0. The van der Waals surface area contributed by atoms with Crippen molar-refractivity contribution in [2.75, 3.05) is 0 Å². The van der Waals surface area contributed by atoms with Gasteiger partial charge in [-0.2, -0.15) is 0 Å². The molecule has 3 saturated heterocycles. The van der Waals surface area contributed by atoms with Gasteiger partial charge in [0.05, 0.1) is 18.5 Å². The minimum Gasteiger partial charge on any atom is -0.267 e. The van der Waals surface area contributed by atoms with Gasteiger partial charge in [0, 0.05) is 19.6 Å². The molecular formula is C27H27N3. The first-order valence-electron chi connectivity index (χ1n) is 11.3. The van der Waals surface area contributed by atoms with Crippen molar-refractivity contribution in [2.45, 2.75) is 38.1 Å². The van der Waals surface area contributed by atoms with Crippen molar-refractivity contribution in [3.05, 3.63) is 108 Å². The van der Waals surface area contributed by atoms with E-state index < -0.39 is 0 Å². The highest BCUT2D eigenvalue weighted by Crippen LogP contribution is 2.73. The maximum Gasteiger partial charge on any atom is 0.0692 e. The van der Waals surface area contributed by atoms with E-state index >= 15 is 0 Å². The summed E-state index contributed by atoms with van der Waals surface area (Å²) in [5.41, 5.74) is 4.31. The Hall–Kier alpha value is -2.46. The van der Waals surface area contributed by atoms with E-state index in [0.29, 0.717) is 18.5 Å². The normalized spacial score (nSPS) is 34.0. The van der Waals surface area contributed by atoms with Crippen LogP contribution >= 0.6 is 0 Å². The zero-order valence-corrected chi connectivity index (χ0v) is 17.1. The number of piperidine rings is 3. The van der Waals surface area contributed by atoms with Crippen LogP contribution in [-0.2, 0) is 19.6 Å². The first-order valence-corrected chi connectivity index (χ1v) is 11.3. The highest BCUT2D eigenvalue weighted by atomic mass is 15.6. The van der Waals surface area contributed by atoms with E-state index in [2.05, 4.69) is 106 Å². The zero-order valence-electron chi connectivity index (χ0n) is 17.1. The van der Waals surface area contributed by atoms with Crippen molar-refractivity contribution >= 4 is 0 Å². The molecule has 150 valence electrons. The molecule has 4 fully saturated rings. The third-order valence-electron chi connectivity index (χ3n) is 7.89. The smallest absolute Gasteiger partial charge is 0.0692 e. The molecule has 0 bridgehead atoms. The van der Waals surface area contributed by atoms with E-state index in [-0.39, 0.29) is 0 Å². The Morgan fingerprint density at radius 3 is 0.933 bits per heavy atom. The summed E-state index contributed by atoms with van der Waals surface area (Å²) < 4.78 is 0. The number of likely N-dealkylation sites (tertiary alicyclic amines) is 3. The van der Waals surface area contributed by atoms with Gasteiger partial charge in [-0.25, -0.2) is 0 Å². The van der Waals surface area contributed by atoms with E-state index in [4.69, 9.17) is 0 Å². The van der Waals surface area contributed by atoms with E-state index in [1.807, 2.05) is 0 Å². The van der Waals surface area contributed by atoms with Gasteiger partial charge in [-0.1, -0.05) is 91.0 Å². The van der Waals surface area contributed by atoms with Crippen molar-refractivity contribution < 1.29 is 0 Å². The van der Waals surface area contributed by atoms with Gasteiger partial charge in [0.25, 0.3) is 0 Å². The number of hydrogen-bond acceptors (Lipinski definition) is 3. The SMILES string of the molecule is c1ccc(CN2C3C4C5C4C(N3Cc3ccccc3)N(Cc3ccccc3)C52)cc1. The van der Waals surface area contributed by atoms with Crippen molar-refractivity contribution in [1.82, 2.24) is 14.7 Å². The van der Waals surface area contributed by atoms with Crippen LogP contribution in [0.25, 0.3) is 0 Å². The van der Waals surface area contributed by atoms with Crippen molar-refractivity contribution in [3.8, 4) is 0 Å². The Balaban J connectivity index is 1.24. The van der Waals surface area contributed by atoms with E-state index in [1.54, 1.807) is 0 Å². The molecule has 30 heavy (non-hydrogen) atoms. The molecule has 3 aromatic rings. The first kappa shape index (κ1) is 17.2. The van der Waals surface area contributed by atoms with Crippen LogP contribution in [0.5, 0.6) is 0 Å². The second-order valence-corrected chi connectivity index (χ2v) is 9.45. The van der Waals surface area contributed by atoms with Gasteiger partial charge in [0.1, 0.15) is 0 Å². The van der Waals surface area contributed by atoms with Gasteiger partial charge < -0.3 is 0 Å². The summed E-state index contributed by atoms with van der Waals surface area (Å²) in [5, 5.41) is 0.